The molecule has 0 fully saturated rings. The van der Waals surface area contributed by atoms with Crippen molar-refractivity contribution in [1.29, 1.82) is 0 Å². The van der Waals surface area contributed by atoms with Gasteiger partial charge in [-0.05, 0) is 31.2 Å². The highest BCUT2D eigenvalue weighted by Gasteiger charge is 2.18. The summed E-state index contributed by atoms with van der Waals surface area (Å²) >= 11 is 0. The van der Waals surface area contributed by atoms with Crippen LogP contribution in [0.15, 0.2) is 42.7 Å². The first kappa shape index (κ1) is 12.2. The molecule has 3 rings (SSSR count). The molecule has 0 aliphatic carbocycles. The zero-order valence-corrected chi connectivity index (χ0v) is 10.7. The molecule has 0 amide bonds. The van der Waals surface area contributed by atoms with E-state index in [9.17, 15) is 9.90 Å². The Morgan fingerprint density at radius 1 is 1.30 bits per heavy atom. The fourth-order valence-electron chi connectivity index (χ4n) is 1.97. The van der Waals surface area contributed by atoms with Gasteiger partial charge in [0.1, 0.15) is 5.65 Å². The number of hydrogen-bond acceptors (Lipinski definition) is 4. The normalized spacial score (nSPS) is 10.7. The number of rotatable bonds is 3. The van der Waals surface area contributed by atoms with Gasteiger partial charge in [-0.3, -0.25) is 9.38 Å². The van der Waals surface area contributed by atoms with Crippen LogP contribution in [0.2, 0.25) is 0 Å². The Labute approximate surface area is 114 Å². The highest BCUT2D eigenvalue weighted by atomic mass is 16.4. The second kappa shape index (κ2) is 4.65. The molecule has 0 aliphatic rings. The Bertz CT molecular complexity index is 777. The van der Waals surface area contributed by atoms with Crippen LogP contribution in [0.5, 0.6) is 0 Å². The summed E-state index contributed by atoms with van der Waals surface area (Å²) in [5, 5.41) is 12.4. The molecular formula is C14H12N4O2. The van der Waals surface area contributed by atoms with E-state index in [-0.39, 0.29) is 5.69 Å². The molecule has 0 atom stereocenters. The molecule has 0 unspecified atom stereocenters. The zero-order valence-electron chi connectivity index (χ0n) is 10.7. The number of aryl methyl sites for hydroxylation is 1. The Kier molecular flexibility index (Phi) is 2.83. The van der Waals surface area contributed by atoms with Crippen molar-refractivity contribution in [2.45, 2.75) is 6.92 Å². The van der Waals surface area contributed by atoms with Gasteiger partial charge in [0, 0.05) is 11.9 Å². The number of anilines is 2. The van der Waals surface area contributed by atoms with Gasteiger partial charge in [-0.25, -0.2) is 9.78 Å². The SMILES string of the molecule is Cc1ccc(Nc2nc3ccccn3c2C(=O)O)cn1. The lowest BCUT2D eigenvalue weighted by atomic mass is 10.3. The molecule has 0 bridgehead atoms. The summed E-state index contributed by atoms with van der Waals surface area (Å²) in [6, 6.07) is 9.01. The number of carbonyl (C=O) groups is 1. The third kappa shape index (κ3) is 2.07. The number of aromatic carboxylic acids is 1. The second-order valence-corrected chi connectivity index (χ2v) is 4.36. The van der Waals surface area contributed by atoms with Crippen LogP contribution >= 0.6 is 0 Å². The molecule has 6 heteroatoms. The summed E-state index contributed by atoms with van der Waals surface area (Å²) in [4.78, 5) is 19.9. The van der Waals surface area contributed by atoms with Crippen molar-refractivity contribution in [3.8, 4) is 0 Å². The van der Waals surface area contributed by atoms with E-state index in [4.69, 9.17) is 0 Å². The fraction of sp³-hybridized carbons (Fsp3) is 0.0714. The third-order valence-electron chi connectivity index (χ3n) is 2.91. The van der Waals surface area contributed by atoms with Gasteiger partial charge < -0.3 is 10.4 Å². The highest BCUT2D eigenvalue weighted by Crippen LogP contribution is 2.21. The number of hydrogen-bond donors (Lipinski definition) is 2. The van der Waals surface area contributed by atoms with E-state index in [2.05, 4.69) is 15.3 Å². The molecule has 2 N–H and O–H groups in total. The van der Waals surface area contributed by atoms with Gasteiger partial charge in [0.25, 0.3) is 0 Å². The summed E-state index contributed by atoms with van der Waals surface area (Å²) in [6.45, 7) is 1.89. The summed E-state index contributed by atoms with van der Waals surface area (Å²) in [7, 11) is 0. The predicted molar refractivity (Wildman–Crippen MR) is 74.4 cm³/mol. The summed E-state index contributed by atoms with van der Waals surface area (Å²) < 4.78 is 1.53. The minimum absolute atomic E-state index is 0.0983. The second-order valence-electron chi connectivity index (χ2n) is 4.36. The molecule has 3 aromatic rings. The fourth-order valence-corrected chi connectivity index (χ4v) is 1.97. The molecule has 20 heavy (non-hydrogen) atoms. The van der Waals surface area contributed by atoms with Crippen molar-refractivity contribution in [3.05, 3.63) is 54.1 Å². The maximum Gasteiger partial charge on any atom is 0.356 e. The maximum absolute atomic E-state index is 11.4. The lowest BCUT2D eigenvalue weighted by Crippen LogP contribution is -2.05. The lowest BCUT2D eigenvalue weighted by molar-refractivity contribution is 0.0690. The van der Waals surface area contributed by atoms with Crippen LogP contribution in [0.25, 0.3) is 5.65 Å². The van der Waals surface area contributed by atoms with Crippen LogP contribution in [0.1, 0.15) is 16.2 Å². The number of carboxylic acid groups (broad SMARTS) is 1. The Balaban J connectivity index is 2.08. The topological polar surface area (TPSA) is 79.5 Å². The van der Waals surface area contributed by atoms with Crippen molar-refractivity contribution >= 4 is 23.1 Å². The average Bonchev–Trinajstić information content (AvgIpc) is 2.79. The first-order valence-corrected chi connectivity index (χ1v) is 6.05. The van der Waals surface area contributed by atoms with E-state index >= 15 is 0 Å². The van der Waals surface area contributed by atoms with E-state index in [0.717, 1.165) is 5.69 Å². The van der Waals surface area contributed by atoms with E-state index in [0.29, 0.717) is 17.2 Å². The standard InChI is InChI=1S/C14H12N4O2/c1-9-5-6-10(8-15-9)16-13-12(14(19)20)18-7-3-2-4-11(18)17-13/h2-8,16H,1H3,(H,19,20). The lowest BCUT2D eigenvalue weighted by Gasteiger charge is -2.04. The minimum Gasteiger partial charge on any atom is -0.476 e. The highest BCUT2D eigenvalue weighted by molar-refractivity contribution is 5.93. The minimum atomic E-state index is -1.04. The number of imidazole rings is 1. The molecule has 3 heterocycles. The smallest absolute Gasteiger partial charge is 0.356 e. The third-order valence-corrected chi connectivity index (χ3v) is 2.91. The number of pyridine rings is 2. The van der Waals surface area contributed by atoms with Crippen molar-refractivity contribution in [1.82, 2.24) is 14.4 Å². The van der Waals surface area contributed by atoms with E-state index in [1.807, 2.05) is 25.1 Å². The van der Waals surface area contributed by atoms with E-state index < -0.39 is 5.97 Å². The first-order valence-electron chi connectivity index (χ1n) is 6.05. The van der Waals surface area contributed by atoms with E-state index in [1.165, 1.54) is 4.40 Å². The van der Waals surface area contributed by atoms with Crippen LogP contribution in [0.4, 0.5) is 11.5 Å². The Morgan fingerprint density at radius 3 is 2.85 bits per heavy atom. The number of carboxylic acids is 1. The number of aromatic nitrogens is 3. The predicted octanol–water partition coefficient (Wildman–Crippen LogP) is 2.48. The van der Waals surface area contributed by atoms with Crippen molar-refractivity contribution in [3.63, 3.8) is 0 Å². The van der Waals surface area contributed by atoms with E-state index in [1.54, 1.807) is 24.5 Å². The summed E-state index contributed by atoms with van der Waals surface area (Å²) in [5.41, 5.74) is 2.26. The molecular weight excluding hydrogens is 256 g/mol. The van der Waals surface area contributed by atoms with Gasteiger partial charge in [0.05, 0.1) is 11.9 Å². The van der Waals surface area contributed by atoms with Crippen molar-refractivity contribution < 1.29 is 9.90 Å². The molecule has 6 nitrogen and oxygen atoms in total. The Morgan fingerprint density at radius 2 is 2.15 bits per heavy atom. The summed E-state index contributed by atoms with van der Waals surface area (Å²) in [5.74, 6) is -0.736. The van der Waals surface area contributed by atoms with Crippen LogP contribution in [0, 0.1) is 6.92 Å². The average molecular weight is 268 g/mol. The maximum atomic E-state index is 11.4. The van der Waals surface area contributed by atoms with Gasteiger partial charge in [0.2, 0.25) is 0 Å². The van der Waals surface area contributed by atoms with Crippen molar-refractivity contribution in [2.24, 2.45) is 0 Å². The monoisotopic (exact) mass is 268 g/mol. The first-order chi connectivity index (χ1) is 9.65. The van der Waals surface area contributed by atoms with Crippen LogP contribution in [-0.4, -0.2) is 25.4 Å². The molecule has 0 saturated heterocycles. The molecule has 3 aromatic heterocycles. The number of nitrogens with one attached hydrogen (secondary N) is 1. The van der Waals surface area contributed by atoms with Gasteiger partial charge >= 0.3 is 5.97 Å². The summed E-state index contributed by atoms with van der Waals surface area (Å²) in [6.07, 6.45) is 3.31. The van der Waals surface area contributed by atoms with Crippen molar-refractivity contribution in [2.75, 3.05) is 5.32 Å². The van der Waals surface area contributed by atoms with Gasteiger partial charge in [0.15, 0.2) is 11.5 Å². The zero-order chi connectivity index (χ0) is 14.1. The Hall–Kier alpha value is -2.89. The quantitative estimate of drug-likeness (QED) is 0.762. The van der Waals surface area contributed by atoms with Gasteiger partial charge in [-0.1, -0.05) is 6.07 Å². The number of nitrogens with zero attached hydrogens (tertiary/aromatic N) is 3. The van der Waals surface area contributed by atoms with Crippen LogP contribution < -0.4 is 5.32 Å². The molecule has 0 aliphatic heterocycles. The molecule has 0 saturated carbocycles. The molecule has 100 valence electrons. The van der Waals surface area contributed by atoms with Crippen LogP contribution in [0.3, 0.4) is 0 Å². The number of fused-ring (bicyclic) bond motifs is 1. The molecule has 0 aromatic carbocycles. The largest absolute Gasteiger partial charge is 0.476 e. The van der Waals surface area contributed by atoms with Gasteiger partial charge in [-0.2, -0.15) is 0 Å². The van der Waals surface area contributed by atoms with Crippen LogP contribution in [-0.2, 0) is 0 Å². The van der Waals surface area contributed by atoms with Gasteiger partial charge in [-0.15, -0.1) is 0 Å². The molecule has 0 radical (unpaired) electrons. The molecule has 0 spiro atoms.